The number of aryl methyl sites for hydroxylation is 1. The number of aliphatic imine (C=N–C) groups is 2. The summed E-state index contributed by atoms with van der Waals surface area (Å²) in [5.74, 6) is -0.198. The number of nitrogens with one attached hydrogen (secondary N) is 1. The van der Waals surface area contributed by atoms with Gasteiger partial charge in [-0.15, -0.1) is 11.3 Å². The SMILES string of the molecule is C/N=C(\N=C(C)C)C(C)C(=O)N1CCCC1C(=O)NCc1ccc(-c2scnc2C)cc1. The van der Waals surface area contributed by atoms with Crippen LogP contribution in [0.25, 0.3) is 10.4 Å². The summed E-state index contributed by atoms with van der Waals surface area (Å²) in [6, 6.07) is 7.69. The molecule has 1 aliphatic heterocycles. The van der Waals surface area contributed by atoms with Gasteiger partial charge in [0.25, 0.3) is 0 Å². The smallest absolute Gasteiger partial charge is 0.243 e. The highest BCUT2D eigenvalue weighted by Crippen LogP contribution is 2.27. The van der Waals surface area contributed by atoms with Gasteiger partial charge in [-0.25, -0.2) is 9.98 Å². The van der Waals surface area contributed by atoms with E-state index in [1.54, 1.807) is 30.2 Å². The first-order chi connectivity index (χ1) is 15.3. The molecule has 8 heteroatoms. The molecule has 2 aromatic rings. The molecule has 2 atom stereocenters. The van der Waals surface area contributed by atoms with Crippen LogP contribution in [-0.4, -0.2) is 52.9 Å². The average Bonchev–Trinajstić information content (AvgIpc) is 3.44. The van der Waals surface area contributed by atoms with Crippen molar-refractivity contribution in [2.45, 2.75) is 53.1 Å². The summed E-state index contributed by atoms with van der Waals surface area (Å²) in [4.78, 5) is 41.7. The van der Waals surface area contributed by atoms with Gasteiger partial charge in [0.05, 0.1) is 22.0 Å². The predicted octanol–water partition coefficient (Wildman–Crippen LogP) is 3.87. The second kappa shape index (κ2) is 10.6. The zero-order chi connectivity index (χ0) is 23.3. The van der Waals surface area contributed by atoms with Crippen LogP contribution in [0, 0.1) is 12.8 Å². The third-order valence-electron chi connectivity index (χ3n) is 5.59. The zero-order valence-corrected chi connectivity index (χ0v) is 20.2. The molecule has 170 valence electrons. The fourth-order valence-electron chi connectivity index (χ4n) is 3.89. The molecule has 0 saturated carbocycles. The van der Waals surface area contributed by atoms with Crippen molar-refractivity contribution in [2.75, 3.05) is 13.6 Å². The van der Waals surface area contributed by atoms with E-state index in [1.807, 2.05) is 38.4 Å². The Kier molecular flexibility index (Phi) is 7.90. The molecule has 1 N–H and O–H groups in total. The highest BCUT2D eigenvalue weighted by atomic mass is 32.1. The van der Waals surface area contributed by atoms with Gasteiger partial charge in [-0.3, -0.25) is 14.6 Å². The Bertz CT molecular complexity index is 1020. The van der Waals surface area contributed by atoms with Gasteiger partial charge in [0.15, 0.2) is 0 Å². The number of thiazole rings is 1. The van der Waals surface area contributed by atoms with E-state index in [0.29, 0.717) is 25.3 Å². The second-order valence-electron chi connectivity index (χ2n) is 8.23. The van der Waals surface area contributed by atoms with E-state index in [4.69, 9.17) is 0 Å². The molecule has 2 heterocycles. The van der Waals surface area contributed by atoms with E-state index in [1.165, 1.54) is 0 Å². The van der Waals surface area contributed by atoms with Gasteiger partial charge < -0.3 is 10.2 Å². The lowest BCUT2D eigenvalue weighted by molar-refractivity contribution is -0.139. The lowest BCUT2D eigenvalue weighted by atomic mass is 10.1. The van der Waals surface area contributed by atoms with E-state index in [2.05, 4.69) is 32.4 Å². The number of aromatic nitrogens is 1. The summed E-state index contributed by atoms with van der Waals surface area (Å²) < 4.78 is 0. The molecule has 0 spiro atoms. The van der Waals surface area contributed by atoms with E-state index >= 15 is 0 Å². The number of hydrogen-bond acceptors (Lipinski definition) is 5. The second-order valence-corrected chi connectivity index (χ2v) is 9.09. The molecule has 32 heavy (non-hydrogen) atoms. The van der Waals surface area contributed by atoms with Gasteiger partial charge >= 0.3 is 0 Å². The van der Waals surface area contributed by atoms with Crippen LogP contribution in [0.5, 0.6) is 0 Å². The molecule has 1 fully saturated rings. The summed E-state index contributed by atoms with van der Waals surface area (Å²) in [7, 11) is 1.64. The Hall–Kier alpha value is -2.87. The normalized spacial score (nSPS) is 17.2. The number of benzene rings is 1. The van der Waals surface area contributed by atoms with Crippen molar-refractivity contribution in [2.24, 2.45) is 15.9 Å². The number of carbonyl (C=O) groups excluding carboxylic acids is 2. The highest BCUT2D eigenvalue weighted by Gasteiger charge is 2.37. The van der Waals surface area contributed by atoms with Gasteiger partial charge in [0, 0.05) is 25.8 Å². The number of amides is 2. The van der Waals surface area contributed by atoms with Crippen LogP contribution in [0.3, 0.4) is 0 Å². The van der Waals surface area contributed by atoms with Crippen molar-refractivity contribution >= 4 is 34.7 Å². The van der Waals surface area contributed by atoms with Gasteiger partial charge in [0.2, 0.25) is 11.8 Å². The van der Waals surface area contributed by atoms with Gasteiger partial charge in [-0.2, -0.15) is 0 Å². The predicted molar refractivity (Wildman–Crippen MR) is 130 cm³/mol. The Morgan fingerprint density at radius 2 is 2.00 bits per heavy atom. The van der Waals surface area contributed by atoms with Crippen LogP contribution in [0.4, 0.5) is 0 Å². The van der Waals surface area contributed by atoms with Crippen LogP contribution in [0.1, 0.15) is 44.9 Å². The Labute approximate surface area is 193 Å². The summed E-state index contributed by atoms with van der Waals surface area (Å²) in [5, 5.41) is 3.01. The fraction of sp³-hybridized carbons (Fsp3) is 0.458. The minimum absolute atomic E-state index is 0.0995. The molecule has 1 aliphatic rings. The number of amidine groups is 1. The maximum atomic E-state index is 13.1. The molecule has 1 aromatic heterocycles. The third-order valence-corrected chi connectivity index (χ3v) is 6.57. The molecule has 0 radical (unpaired) electrons. The molecule has 3 rings (SSSR count). The van der Waals surface area contributed by atoms with Gasteiger partial charge in [-0.05, 0) is 51.7 Å². The molecule has 2 unspecified atom stereocenters. The topological polar surface area (TPSA) is 87.0 Å². The standard InChI is InChI=1S/C24H31N5O2S/c1-15(2)28-22(25-5)16(3)24(31)29-12-6-7-20(29)23(30)26-13-18-8-10-19(11-9-18)21-17(4)27-14-32-21/h8-11,14,16,20H,6-7,12-13H2,1-5H3,(H,26,30)/b25-22-. The number of likely N-dealkylation sites (tertiary alicyclic amines) is 1. The molecule has 2 amide bonds. The lowest BCUT2D eigenvalue weighted by Crippen LogP contribution is -2.48. The number of rotatable bonds is 6. The Morgan fingerprint density at radius 1 is 1.28 bits per heavy atom. The largest absolute Gasteiger partial charge is 0.350 e. The van der Waals surface area contributed by atoms with Crippen LogP contribution >= 0.6 is 11.3 Å². The van der Waals surface area contributed by atoms with Crippen molar-refractivity contribution in [1.82, 2.24) is 15.2 Å². The van der Waals surface area contributed by atoms with Crippen LogP contribution in [0.2, 0.25) is 0 Å². The fourth-order valence-corrected chi connectivity index (χ4v) is 4.70. The van der Waals surface area contributed by atoms with E-state index in [9.17, 15) is 9.59 Å². The molecule has 0 bridgehead atoms. The summed E-state index contributed by atoms with van der Waals surface area (Å²) in [5.41, 5.74) is 5.85. The Balaban J connectivity index is 1.61. The monoisotopic (exact) mass is 453 g/mol. The van der Waals surface area contributed by atoms with Crippen LogP contribution in [0.15, 0.2) is 39.8 Å². The molecular weight excluding hydrogens is 422 g/mol. The first-order valence-corrected chi connectivity index (χ1v) is 11.8. The lowest BCUT2D eigenvalue weighted by Gasteiger charge is -2.26. The quantitative estimate of drug-likeness (QED) is 0.532. The summed E-state index contributed by atoms with van der Waals surface area (Å²) in [6.07, 6.45) is 1.48. The van der Waals surface area contributed by atoms with Crippen molar-refractivity contribution in [3.05, 3.63) is 41.0 Å². The van der Waals surface area contributed by atoms with Crippen molar-refractivity contribution in [3.8, 4) is 10.4 Å². The summed E-state index contributed by atoms with van der Waals surface area (Å²) in [6.45, 7) is 8.56. The molecular formula is C24H31N5O2S. The first-order valence-electron chi connectivity index (χ1n) is 10.9. The van der Waals surface area contributed by atoms with Crippen LogP contribution < -0.4 is 5.32 Å². The van der Waals surface area contributed by atoms with Gasteiger partial charge in [-0.1, -0.05) is 24.3 Å². The molecule has 7 nitrogen and oxygen atoms in total. The number of carbonyl (C=O) groups is 2. The molecule has 1 saturated heterocycles. The average molecular weight is 454 g/mol. The summed E-state index contributed by atoms with van der Waals surface area (Å²) >= 11 is 1.62. The van der Waals surface area contributed by atoms with E-state index < -0.39 is 12.0 Å². The maximum Gasteiger partial charge on any atom is 0.243 e. The molecule has 1 aromatic carbocycles. The number of nitrogens with zero attached hydrogens (tertiary/aromatic N) is 4. The zero-order valence-electron chi connectivity index (χ0n) is 19.4. The highest BCUT2D eigenvalue weighted by molar-refractivity contribution is 7.13. The van der Waals surface area contributed by atoms with Gasteiger partial charge in [0.1, 0.15) is 11.9 Å². The van der Waals surface area contributed by atoms with Crippen molar-refractivity contribution in [1.29, 1.82) is 0 Å². The van der Waals surface area contributed by atoms with E-state index in [0.717, 1.165) is 33.8 Å². The minimum Gasteiger partial charge on any atom is -0.350 e. The minimum atomic E-state index is -0.481. The van der Waals surface area contributed by atoms with Crippen molar-refractivity contribution in [3.63, 3.8) is 0 Å². The molecule has 0 aliphatic carbocycles. The number of hydrogen-bond donors (Lipinski definition) is 1. The van der Waals surface area contributed by atoms with Crippen LogP contribution in [-0.2, 0) is 16.1 Å². The van der Waals surface area contributed by atoms with E-state index in [-0.39, 0.29) is 11.8 Å². The maximum absolute atomic E-state index is 13.1. The third kappa shape index (κ3) is 5.48. The van der Waals surface area contributed by atoms with Crippen molar-refractivity contribution < 1.29 is 9.59 Å². The first kappa shape index (κ1) is 23.8. The Morgan fingerprint density at radius 3 is 2.59 bits per heavy atom.